The topological polar surface area (TPSA) is 0 Å². The summed E-state index contributed by atoms with van der Waals surface area (Å²) >= 11 is -1.78. The molecule has 1 heteroatoms. The molecule has 1 radical (unpaired) electrons. The molecule has 0 spiro atoms. The average molecular weight is 410 g/mol. The summed E-state index contributed by atoms with van der Waals surface area (Å²) in [5.41, 5.74) is 0.616. The molecule has 2 aromatic carbocycles. The van der Waals surface area contributed by atoms with Crippen LogP contribution in [0, 0.1) is 23.2 Å². The van der Waals surface area contributed by atoms with Crippen LogP contribution in [0.4, 0.5) is 0 Å². The molecule has 3 saturated carbocycles. The van der Waals surface area contributed by atoms with E-state index in [-0.39, 0.29) is 0 Å². The predicted molar refractivity (Wildman–Crippen MR) is 101 cm³/mol. The summed E-state index contributed by atoms with van der Waals surface area (Å²) in [5, 5.41) is 0. The first-order chi connectivity index (χ1) is 11.2. The molecule has 119 valence electrons. The van der Waals surface area contributed by atoms with Gasteiger partial charge in [-0.3, -0.25) is 0 Å². The fraction of sp³-hybridized carbons (Fsp3) is 0.455. The molecule has 3 atom stereocenters. The SMILES string of the molecule is CC1(C)[C@H]2CC[C@H]([CH2][Sn]([c]3ccccc3)[c]3ccccc3)[C@@H]1C2. The second-order valence-electron chi connectivity index (χ2n) is 8.11. The third kappa shape index (κ3) is 2.88. The van der Waals surface area contributed by atoms with Gasteiger partial charge in [-0.25, -0.2) is 0 Å². The molecule has 23 heavy (non-hydrogen) atoms. The molecule has 0 aliphatic heterocycles. The summed E-state index contributed by atoms with van der Waals surface area (Å²) in [6.45, 7) is 5.07. The predicted octanol–water partition coefficient (Wildman–Crippen LogP) is 4.37. The van der Waals surface area contributed by atoms with Crippen molar-refractivity contribution in [3.05, 3.63) is 60.7 Å². The Morgan fingerprint density at radius 2 is 1.43 bits per heavy atom. The maximum atomic E-state index is 2.53. The summed E-state index contributed by atoms with van der Waals surface area (Å²) in [4.78, 5) is 0. The van der Waals surface area contributed by atoms with Crippen molar-refractivity contribution in [3.63, 3.8) is 0 Å². The van der Waals surface area contributed by atoms with Crippen LogP contribution in [0.5, 0.6) is 0 Å². The number of hydrogen-bond donors (Lipinski definition) is 0. The van der Waals surface area contributed by atoms with Crippen LogP contribution in [-0.2, 0) is 0 Å². The Morgan fingerprint density at radius 1 is 0.870 bits per heavy atom. The summed E-state index contributed by atoms with van der Waals surface area (Å²) in [6, 6.07) is 22.9. The zero-order chi connectivity index (χ0) is 15.9. The van der Waals surface area contributed by atoms with Crippen molar-refractivity contribution in [2.75, 3.05) is 0 Å². The average Bonchev–Trinajstić information content (AvgIpc) is 2.61. The molecule has 0 amide bonds. The zero-order valence-corrected chi connectivity index (χ0v) is 17.2. The van der Waals surface area contributed by atoms with Crippen molar-refractivity contribution in [3.8, 4) is 0 Å². The van der Waals surface area contributed by atoms with Crippen molar-refractivity contribution in [2.24, 2.45) is 23.2 Å². The van der Waals surface area contributed by atoms with Crippen LogP contribution in [0.1, 0.15) is 33.1 Å². The van der Waals surface area contributed by atoms with Crippen LogP contribution < -0.4 is 7.16 Å². The van der Waals surface area contributed by atoms with Crippen LogP contribution in [0.25, 0.3) is 0 Å². The van der Waals surface area contributed by atoms with Gasteiger partial charge in [0, 0.05) is 0 Å². The van der Waals surface area contributed by atoms with Crippen LogP contribution in [-0.4, -0.2) is 19.8 Å². The van der Waals surface area contributed by atoms with E-state index in [0.717, 1.165) is 17.8 Å². The second kappa shape index (κ2) is 6.27. The first kappa shape index (κ1) is 15.7. The second-order valence-corrected chi connectivity index (χ2v) is 15.3. The van der Waals surface area contributed by atoms with Gasteiger partial charge in [-0.1, -0.05) is 0 Å². The van der Waals surface area contributed by atoms with E-state index < -0.39 is 19.8 Å². The minimum absolute atomic E-state index is 0.616. The molecule has 0 saturated heterocycles. The molecular weight excluding hydrogens is 383 g/mol. The van der Waals surface area contributed by atoms with E-state index >= 15 is 0 Å². The van der Waals surface area contributed by atoms with Gasteiger partial charge in [-0.2, -0.15) is 0 Å². The Hall–Kier alpha value is -0.761. The molecule has 3 aliphatic carbocycles. The molecule has 0 nitrogen and oxygen atoms in total. The van der Waals surface area contributed by atoms with E-state index in [9.17, 15) is 0 Å². The van der Waals surface area contributed by atoms with Gasteiger partial charge in [0.05, 0.1) is 0 Å². The molecule has 2 aromatic rings. The standard InChI is InChI=1S/C10H17.2C6H5.Sn/c1-7-4-5-8-6-9(7)10(8,2)3;2*1-2-4-6-5-3-1;/h7-9H,1,4-6H2,2-3H3;2*1-5H;/t7-,8-,9-;;;/m0.../s1. The zero-order valence-electron chi connectivity index (χ0n) is 14.3. The summed E-state index contributed by atoms with van der Waals surface area (Å²) < 4.78 is 4.87. The number of rotatable bonds is 4. The van der Waals surface area contributed by atoms with Gasteiger partial charge in [0.15, 0.2) is 0 Å². The molecule has 0 aromatic heterocycles. The van der Waals surface area contributed by atoms with Crippen LogP contribution in [0.3, 0.4) is 0 Å². The van der Waals surface area contributed by atoms with Gasteiger partial charge in [-0.15, -0.1) is 0 Å². The Labute approximate surface area is 148 Å². The molecule has 0 N–H and O–H groups in total. The van der Waals surface area contributed by atoms with E-state index in [2.05, 4.69) is 74.5 Å². The maximum absolute atomic E-state index is 2.53. The third-order valence-electron chi connectivity index (χ3n) is 6.71. The van der Waals surface area contributed by atoms with Crippen molar-refractivity contribution >= 4 is 26.9 Å². The molecule has 5 rings (SSSR count). The van der Waals surface area contributed by atoms with Gasteiger partial charge in [0.25, 0.3) is 0 Å². The van der Waals surface area contributed by atoms with E-state index in [1.54, 1.807) is 7.16 Å². The number of fused-ring (bicyclic) bond motifs is 2. The number of hydrogen-bond acceptors (Lipinski definition) is 0. The first-order valence-corrected chi connectivity index (χ1v) is 14.0. The fourth-order valence-electron chi connectivity index (χ4n) is 5.15. The third-order valence-corrected chi connectivity index (χ3v) is 15.3. The van der Waals surface area contributed by atoms with Crippen LogP contribution in [0.2, 0.25) is 4.44 Å². The molecular formula is C22H27Sn. The van der Waals surface area contributed by atoms with E-state index in [0.29, 0.717) is 5.41 Å². The Morgan fingerprint density at radius 3 is 1.91 bits per heavy atom. The van der Waals surface area contributed by atoms with Crippen molar-refractivity contribution < 1.29 is 0 Å². The molecule has 3 aliphatic rings. The monoisotopic (exact) mass is 411 g/mol. The number of benzene rings is 2. The minimum atomic E-state index is -1.78. The Bertz CT molecular complexity index is 605. The molecule has 0 heterocycles. The van der Waals surface area contributed by atoms with Gasteiger partial charge >= 0.3 is 148 Å². The quantitative estimate of drug-likeness (QED) is 0.657. The van der Waals surface area contributed by atoms with Gasteiger partial charge in [0.2, 0.25) is 0 Å². The van der Waals surface area contributed by atoms with Crippen molar-refractivity contribution in [1.82, 2.24) is 0 Å². The van der Waals surface area contributed by atoms with Gasteiger partial charge in [0.1, 0.15) is 0 Å². The van der Waals surface area contributed by atoms with E-state index in [4.69, 9.17) is 0 Å². The molecule has 2 bridgehead atoms. The van der Waals surface area contributed by atoms with Crippen LogP contribution in [0.15, 0.2) is 60.7 Å². The summed E-state index contributed by atoms with van der Waals surface area (Å²) in [5.74, 6) is 2.98. The van der Waals surface area contributed by atoms with Crippen LogP contribution >= 0.6 is 0 Å². The summed E-state index contributed by atoms with van der Waals surface area (Å²) in [6.07, 6.45) is 4.48. The Balaban J connectivity index is 1.62. The van der Waals surface area contributed by atoms with Gasteiger partial charge in [-0.05, 0) is 0 Å². The Kier molecular flexibility index (Phi) is 4.30. The molecule has 3 fully saturated rings. The van der Waals surface area contributed by atoms with Crippen molar-refractivity contribution in [2.45, 2.75) is 37.5 Å². The summed E-state index contributed by atoms with van der Waals surface area (Å²) in [7, 11) is 0. The fourth-order valence-corrected chi connectivity index (χ4v) is 13.7. The van der Waals surface area contributed by atoms with E-state index in [1.165, 1.54) is 23.7 Å². The van der Waals surface area contributed by atoms with Crippen molar-refractivity contribution in [1.29, 1.82) is 0 Å². The first-order valence-electron chi connectivity index (χ1n) is 9.13. The molecule has 0 unspecified atom stereocenters. The normalized spacial score (nSPS) is 28.4. The van der Waals surface area contributed by atoms with Gasteiger partial charge < -0.3 is 0 Å². The van der Waals surface area contributed by atoms with E-state index in [1.807, 2.05) is 0 Å².